The Morgan fingerprint density at radius 3 is 2.72 bits per heavy atom. The van der Waals surface area contributed by atoms with Crippen molar-refractivity contribution in [1.29, 1.82) is 0 Å². The number of hydrogen-bond acceptors (Lipinski definition) is 7. The third kappa shape index (κ3) is 3.27. The number of nitro groups is 1. The summed E-state index contributed by atoms with van der Waals surface area (Å²) < 4.78 is 4.97. The Bertz CT molecular complexity index is 424. The molecule has 18 heavy (non-hydrogen) atoms. The van der Waals surface area contributed by atoms with Crippen LogP contribution in [0.3, 0.4) is 0 Å². The highest BCUT2D eigenvalue weighted by Crippen LogP contribution is 2.30. The molecular formula is C10H17N5O3. The zero-order valence-corrected chi connectivity index (χ0v) is 10.9. The quantitative estimate of drug-likeness (QED) is 0.596. The van der Waals surface area contributed by atoms with Crippen molar-refractivity contribution in [2.24, 2.45) is 0 Å². The molecule has 100 valence electrons. The molecule has 1 atom stereocenters. The molecule has 0 radical (unpaired) electrons. The van der Waals surface area contributed by atoms with E-state index in [9.17, 15) is 10.1 Å². The van der Waals surface area contributed by atoms with E-state index in [1.807, 2.05) is 6.92 Å². The van der Waals surface area contributed by atoms with Gasteiger partial charge in [0.15, 0.2) is 0 Å². The number of nitrogens with one attached hydrogen (secondary N) is 1. The lowest BCUT2D eigenvalue weighted by atomic mass is 10.3. The summed E-state index contributed by atoms with van der Waals surface area (Å²) >= 11 is 0. The fraction of sp³-hybridized carbons (Fsp3) is 0.600. The molecule has 0 aliphatic rings. The van der Waals surface area contributed by atoms with Gasteiger partial charge in [0, 0.05) is 27.2 Å². The maximum atomic E-state index is 11.1. The van der Waals surface area contributed by atoms with Gasteiger partial charge >= 0.3 is 5.69 Å². The third-order valence-corrected chi connectivity index (χ3v) is 2.21. The van der Waals surface area contributed by atoms with Crippen LogP contribution in [-0.2, 0) is 4.74 Å². The second-order valence-corrected chi connectivity index (χ2v) is 4.05. The number of nitrogens with zero attached hydrogens (tertiary/aromatic N) is 4. The van der Waals surface area contributed by atoms with E-state index in [1.54, 1.807) is 26.1 Å². The molecule has 1 aromatic rings. The van der Waals surface area contributed by atoms with E-state index in [-0.39, 0.29) is 23.4 Å². The van der Waals surface area contributed by atoms with Gasteiger partial charge in [0.05, 0.1) is 11.5 Å². The molecule has 0 spiro atoms. The molecule has 0 amide bonds. The van der Waals surface area contributed by atoms with Crippen molar-refractivity contribution >= 4 is 17.3 Å². The van der Waals surface area contributed by atoms with E-state index in [2.05, 4.69) is 15.3 Å². The maximum Gasteiger partial charge on any atom is 0.353 e. The van der Waals surface area contributed by atoms with Gasteiger partial charge < -0.3 is 15.0 Å². The normalized spacial score (nSPS) is 12.0. The largest absolute Gasteiger partial charge is 0.383 e. The maximum absolute atomic E-state index is 11.1. The zero-order valence-electron chi connectivity index (χ0n) is 10.9. The molecule has 0 bridgehead atoms. The highest BCUT2D eigenvalue weighted by molar-refractivity contribution is 5.69. The minimum Gasteiger partial charge on any atom is -0.383 e. The van der Waals surface area contributed by atoms with Crippen molar-refractivity contribution in [1.82, 2.24) is 9.97 Å². The van der Waals surface area contributed by atoms with E-state index in [1.165, 1.54) is 6.33 Å². The summed E-state index contributed by atoms with van der Waals surface area (Å²) in [6.45, 7) is 2.28. The minimum absolute atomic E-state index is 0.0846. The van der Waals surface area contributed by atoms with E-state index >= 15 is 0 Å². The van der Waals surface area contributed by atoms with Gasteiger partial charge in [-0.1, -0.05) is 0 Å². The second-order valence-electron chi connectivity index (χ2n) is 4.05. The zero-order chi connectivity index (χ0) is 13.7. The molecule has 8 heteroatoms. The highest BCUT2D eigenvalue weighted by atomic mass is 16.6. The Hall–Kier alpha value is -1.96. The molecule has 0 saturated heterocycles. The van der Waals surface area contributed by atoms with Gasteiger partial charge in [-0.2, -0.15) is 0 Å². The van der Waals surface area contributed by atoms with Crippen LogP contribution in [0.2, 0.25) is 0 Å². The van der Waals surface area contributed by atoms with Crippen molar-refractivity contribution < 1.29 is 9.66 Å². The summed E-state index contributed by atoms with van der Waals surface area (Å²) in [5, 5.41) is 14.1. The number of anilines is 2. The third-order valence-electron chi connectivity index (χ3n) is 2.21. The fourth-order valence-electron chi connectivity index (χ4n) is 1.50. The van der Waals surface area contributed by atoms with Gasteiger partial charge in [-0.25, -0.2) is 9.97 Å². The summed E-state index contributed by atoms with van der Waals surface area (Å²) in [6.07, 6.45) is 1.30. The average Bonchev–Trinajstić information content (AvgIpc) is 2.28. The number of aromatic nitrogens is 2. The average molecular weight is 255 g/mol. The lowest BCUT2D eigenvalue weighted by Gasteiger charge is -2.16. The SMILES string of the molecule is COCC(C)Nc1ncnc(N(C)C)c1[N+](=O)[O-]. The van der Waals surface area contributed by atoms with Crippen LogP contribution in [0, 0.1) is 10.1 Å². The topological polar surface area (TPSA) is 93.4 Å². The molecule has 0 fully saturated rings. The second kappa shape index (κ2) is 6.10. The van der Waals surface area contributed by atoms with E-state index in [4.69, 9.17) is 4.74 Å². The predicted molar refractivity (Wildman–Crippen MR) is 68.0 cm³/mol. The van der Waals surface area contributed by atoms with Gasteiger partial charge in [-0.05, 0) is 6.92 Å². The van der Waals surface area contributed by atoms with Gasteiger partial charge in [0.2, 0.25) is 11.6 Å². The molecule has 8 nitrogen and oxygen atoms in total. The summed E-state index contributed by atoms with van der Waals surface area (Å²) in [6, 6.07) is -0.0846. The summed E-state index contributed by atoms with van der Waals surface area (Å²) in [5.41, 5.74) is -0.134. The molecule has 1 rings (SSSR count). The van der Waals surface area contributed by atoms with Crippen molar-refractivity contribution in [2.75, 3.05) is 38.0 Å². The van der Waals surface area contributed by atoms with Gasteiger partial charge in [0.1, 0.15) is 6.33 Å². The highest BCUT2D eigenvalue weighted by Gasteiger charge is 2.24. The Labute approximate surface area is 105 Å². The molecule has 1 aromatic heterocycles. The lowest BCUT2D eigenvalue weighted by molar-refractivity contribution is -0.383. The van der Waals surface area contributed by atoms with Crippen LogP contribution in [0.25, 0.3) is 0 Å². The van der Waals surface area contributed by atoms with Crippen LogP contribution in [0.5, 0.6) is 0 Å². The van der Waals surface area contributed by atoms with Crippen LogP contribution in [0.15, 0.2) is 6.33 Å². The number of ether oxygens (including phenoxy) is 1. The summed E-state index contributed by atoms with van der Waals surface area (Å²) in [7, 11) is 4.95. The Morgan fingerprint density at radius 2 is 2.22 bits per heavy atom. The molecule has 0 aliphatic carbocycles. The van der Waals surface area contributed by atoms with Crippen LogP contribution in [0.1, 0.15) is 6.92 Å². The molecule has 1 heterocycles. The Balaban J connectivity index is 3.11. The molecule has 1 unspecified atom stereocenters. The Morgan fingerprint density at radius 1 is 1.56 bits per heavy atom. The van der Waals surface area contributed by atoms with E-state index in [0.29, 0.717) is 6.61 Å². The number of hydrogen-bond donors (Lipinski definition) is 1. The molecule has 0 saturated carbocycles. The van der Waals surface area contributed by atoms with Crippen molar-refractivity contribution in [3.05, 3.63) is 16.4 Å². The summed E-state index contributed by atoms with van der Waals surface area (Å²) in [4.78, 5) is 20.0. The molecule has 0 aliphatic heterocycles. The first-order valence-corrected chi connectivity index (χ1v) is 5.39. The van der Waals surface area contributed by atoms with Crippen LogP contribution in [0.4, 0.5) is 17.3 Å². The van der Waals surface area contributed by atoms with E-state index < -0.39 is 4.92 Å². The summed E-state index contributed by atoms with van der Waals surface area (Å²) in [5.74, 6) is 0.463. The van der Waals surface area contributed by atoms with Gasteiger partial charge in [0.25, 0.3) is 0 Å². The van der Waals surface area contributed by atoms with E-state index in [0.717, 1.165) is 0 Å². The van der Waals surface area contributed by atoms with Crippen molar-refractivity contribution in [2.45, 2.75) is 13.0 Å². The van der Waals surface area contributed by atoms with Gasteiger partial charge in [-0.15, -0.1) is 0 Å². The van der Waals surface area contributed by atoms with Gasteiger partial charge in [-0.3, -0.25) is 10.1 Å². The first-order chi connectivity index (χ1) is 8.47. The van der Waals surface area contributed by atoms with Crippen LogP contribution in [-0.4, -0.2) is 48.7 Å². The minimum atomic E-state index is -0.489. The number of rotatable bonds is 6. The molecule has 1 N–H and O–H groups in total. The molecule has 0 aromatic carbocycles. The van der Waals surface area contributed by atoms with Crippen LogP contribution >= 0.6 is 0 Å². The Kier molecular flexibility index (Phi) is 4.78. The molecular weight excluding hydrogens is 238 g/mol. The lowest BCUT2D eigenvalue weighted by Crippen LogP contribution is -2.23. The standard InChI is InChI=1S/C10H17N5O3/c1-7(5-18-4)13-9-8(15(16)17)10(14(2)3)12-6-11-9/h6-7H,5H2,1-4H3,(H,11,12,13). The van der Waals surface area contributed by atoms with Crippen molar-refractivity contribution in [3.8, 4) is 0 Å². The fourth-order valence-corrected chi connectivity index (χ4v) is 1.50. The van der Waals surface area contributed by atoms with Crippen molar-refractivity contribution in [3.63, 3.8) is 0 Å². The smallest absolute Gasteiger partial charge is 0.353 e. The first-order valence-electron chi connectivity index (χ1n) is 5.39. The van der Waals surface area contributed by atoms with Crippen LogP contribution < -0.4 is 10.2 Å². The monoisotopic (exact) mass is 255 g/mol. The number of methoxy groups -OCH3 is 1. The first kappa shape index (κ1) is 14.1. The predicted octanol–water partition coefficient (Wildman–Crippen LogP) is 0.898.